The Balaban J connectivity index is 2.02. The summed E-state index contributed by atoms with van der Waals surface area (Å²) >= 11 is 6.04. The molecule has 0 aliphatic rings. The molecule has 1 N–H and O–H groups in total. The number of phenols is 1. The number of aryl methyl sites for hydroxylation is 1. The van der Waals surface area contributed by atoms with E-state index in [1.807, 2.05) is 6.92 Å². The van der Waals surface area contributed by atoms with Gasteiger partial charge in [0, 0.05) is 11.8 Å². The van der Waals surface area contributed by atoms with E-state index >= 15 is 0 Å². The van der Waals surface area contributed by atoms with Gasteiger partial charge < -0.3 is 9.63 Å². The Morgan fingerprint density at radius 3 is 2.85 bits per heavy atom. The van der Waals surface area contributed by atoms with Gasteiger partial charge in [0.05, 0.1) is 5.02 Å². The molecule has 3 rings (SSSR count). The molecule has 0 amide bonds. The van der Waals surface area contributed by atoms with E-state index in [0.717, 1.165) is 5.56 Å². The molecule has 2 aromatic heterocycles. The minimum atomic E-state index is 0.179. The number of hydrogen-bond acceptors (Lipinski definition) is 5. The molecule has 100 valence electrons. The maximum absolute atomic E-state index is 9.71. The molecule has 0 radical (unpaired) electrons. The van der Waals surface area contributed by atoms with Crippen LogP contribution in [0.1, 0.15) is 5.56 Å². The molecule has 0 spiro atoms. The van der Waals surface area contributed by atoms with Crippen LogP contribution in [0.5, 0.6) is 5.75 Å². The number of hydrogen-bond donors (Lipinski definition) is 1. The molecule has 3 aromatic rings. The van der Waals surface area contributed by atoms with Crippen molar-refractivity contribution in [2.45, 2.75) is 6.92 Å². The Bertz CT molecular complexity index is 771. The first kappa shape index (κ1) is 12.6. The molecule has 20 heavy (non-hydrogen) atoms. The summed E-state index contributed by atoms with van der Waals surface area (Å²) in [5.74, 6) is 0.792. The monoisotopic (exact) mass is 287 g/mol. The van der Waals surface area contributed by atoms with Crippen molar-refractivity contribution < 1.29 is 9.63 Å². The molecule has 0 bridgehead atoms. The van der Waals surface area contributed by atoms with Crippen molar-refractivity contribution in [2.24, 2.45) is 0 Å². The topological polar surface area (TPSA) is 72.0 Å². The van der Waals surface area contributed by atoms with Crippen LogP contribution in [0.2, 0.25) is 5.02 Å². The lowest BCUT2D eigenvalue weighted by molar-refractivity contribution is 0.431. The van der Waals surface area contributed by atoms with E-state index < -0.39 is 0 Å². The predicted molar refractivity (Wildman–Crippen MR) is 74.4 cm³/mol. The molecule has 0 aliphatic carbocycles. The zero-order chi connectivity index (χ0) is 14.1. The zero-order valence-corrected chi connectivity index (χ0v) is 11.3. The van der Waals surface area contributed by atoms with Crippen LogP contribution >= 0.6 is 11.6 Å². The largest absolute Gasteiger partial charge is 0.508 e. The minimum absolute atomic E-state index is 0.179. The maximum atomic E-state index is 9.71. The SMILES string of the molecule is Cc1ccc(-c2nc(-c3ncccc3Cl)no2)cc1O. The summed E-state index contributed by atoms with van der Waals surface area (Å²) in [4.78, 5) is 8.37. The highest BCUT2D eigenvalue weighted by atomic mass is 35.5. The second kappa shape index (κ2) is 4.94. The average molecular weight is 288 g/mol. The van der Waals surface area contributed by atoms with Gasteiger partial charge in [-0.15, -0.1) is 0 Å². The lowest BCUT2D eigenvalue weighted by atomic mass is 10.1. The van der Waals surface area contributed by atoms with Crippen molar-refractivity contribution in [3.05, 3.63) is 47.1 Å². The maximum Gasteiger partial charge on any atom is 0.258 e. The van der Waals surface area contributed by atoms with Gasteiger partial charge in [0.25, 0.3) is 5.89 Å². The number of aromatic nitrogens is 3. The smallest absolute Gasteiger partial charge is 0.258 e. The third-order valence-electron chi connectivity index (χ3n) is 2.85. The van der Waals surface area contributed by atoms with Crippen molar-refractivity contribution in [2.75, 3.05) is 0 Å². The van der Waals surface area contributed by atoms with Crippen molar-refractivity contribution in [3.8, 4) is 28.7 Å². The number of pyridine rings is 1. The number of benzene rings is 1. The second-order valence-corrected chi connectivity index (χ2v) is 4.67. The molecule has 0 saturated heterocycles. The molecule has 1 aromatic carbocycles. The van der Waals surface area contributed by atoms with Crippen LogP contribution in [-0.2, 0) is 0 Å². The van der Waals surface area contributed by atoms with Crippen LogP contribution in [0.25, 0.3) is 23.0 Å². The fourth-order valence-electron chi connectivity index (χ4n) is 1.73. The fourth-order valence-corrected chi connectivity index (χ4v) is 1.94. The summed E-state index contributed by atoms with van der Waals surface area (Å²) in [6.45, 7) is 1.81. The molecule has 0 unspecified atom stereocenters. The molecule has 0 fully saturated rings. The van der Waals surface area contributed by atoms with Gasteiger partial charge in [0.15, 0.2) is 0 Å². The van der Waals surface area contributed by atoms with E-state index in [2.05, 4.69) is 15.1 Å². The van der Waals surface area contributed by atoms with Crippen LogP contribution in [-0.4, -0.2) is 20.2 Å². The lowest BCUT2D eigenvalue weighted by Crippen LogP contribution is -1.86. The summed E-state index contributed by atoms with van der Waals surface area (Å²) in [5.41, 5.74) is 1.88. The van der Waals surface area contributed by atoms with Gasteiger partial charge in [-0.05, 0) is 36.8 Å². The van der Waals surface area contributed by atoms with E-state index in [-0.39, 0.29) is 5.75 Å². The Kier molecular flexibility index (Phi) is 3.12. The highest BCUT2D eigenvalue weighted by Crippen LogP contribution is 2.28. The second-order valence-electron chi connectivity index (χ2n) is 4.26. The molecular weight excluding hydrogens is 278 g/mol. The van der Waals surface area contributed by atoms with Crippen molar-refractivity contribution in [3.63, 3.8) is 0 Å². The Morgan fingerprint density at radius 1 is 1.25 bits per heavy atom. The van der Waals surface area contributed by atoms with E-state index in [4.69, 9.17) is 16.1 Å². The minimum Gasteiger partial charge on any atom is -0.508 e. The number of phenolic OH excluding ortho intramolecular Hbond substituents is 1. The molecule has 6 heteroatoms. The van der Waals surface area contributed by atoms with Crippen LogP contribution in [0, 0.1) is 6.92 Å². The van der Waals surface area contributed by atoms with Crippen molar-refractivity contribution >= 4 is 11.6 Å². The zero-order valence-electron chi connectivity index (χ0n) is 10.5. The van der Waals surface area contributed by atoms with E-state index in [1.165, 1.54) is 0 Å². The van der Waals surface area contributed by atoms with Crippen LogP contribution in [0.15, 0.2) is 41.1 Å². The number of nitrogens with zero attached hydrogens (tertiary/aromatic N) is 3. The fraction of sp³-hybridized carbons (Fsp3) is 0.0714. The number of halogens is 1. The third kappa shape index (κ3) is 2.23. The van der Waals surface area contributed by atoms with Crippen molar-refractivity contribution in [1.29, 1.82) is 0 Å². The van der Waals surface area contributed by atoms with Gasteiger partial charge >= 0.3 is 0 Å². The van der Waals surface area contributed by atoms with Gasteiger partial charge in [0.2, 0.25) is 5.82 Å². The van der Waals surface area contributed by atoms with Gasteiger partial charge in [-0.25, -0.2) is 0 Å². The van der Waals surface area contributed by atoms with Gasteiger partial charge in [-0.1, -0.05) is 22.8 Å². The predicted octanol–water partition coefficient (Wildman–Crippen LogP) is 3.47. The quantitative estimate of drug-likeness (QED) is 0.781. The normalized spacial score (nSPS) is 10.7. The Hall–Kier alpha value is -2.40. The molecule has 2 heterocycles. The summed E-state index contributed by atoms with van der Waals surface area (Å²) in [5, 5.41) is 14.0. The summed E-state index contributed by atoms with van der Waals surface area (Å²) in [7, 11) is 0. The van der Waals surface area contributed by atoms with E-state index in [1.54, 1.807) is 36.5 Å². The number of rotatable bonds is 2. The highest BCUT2D eigenvalue weighted by molar-refractivity contribution is 6.32. The van der Waals surface area contributed by atoms with Crippen molar-refractivity contribution in [1.82, 2.24) is 15.1 Å². The van der Waals surface area contributed by atoms with Gasteiger partial charge in [-0.2, -0.15) is 4.98 Å². The lowest BCUT2D eigenvalue weighted by Gasteiger charge is -1.99. The first-order valence-electron chi connectivity index (χ1n) is 5.90. The van der Waals surface area contributed by atoms with Gasteiger partial charge in [0.1, 0.15) is 11.4 Å². The summed E-state index contributed by atoms with van der Waals surface area (Å²) in [6.07, 6.45) is 1.61. The Labute approximate surface area is 119 Å². The van der Waals surface area contributed by atoms with Crippen LogP contribution < -0.4 is 0 Å². The molecule has 5 nitrogen and oxygen atoms in total. The first-order valence-corrected chi connectivity index (χ1v) is 6.27. The first-order chi connectivity index (χ1) is 9.65. The highest BCUT2D eigenvalue weighted by Gasteiger charge is 2.14. The van der Waals surface area contributed by atoms with Crippen LogP contribution in [0.3, 0.4) is 0 Å². The third-order valence-corrected chi connectivity index (χ3v) is 3.16. The Morgan fingerprint density at radius 2 is 2.10 bits per heavy atom. The number of aromatic hydroxyl groups is 1. The molecule has 0 atom stereocenters. The summed E-state index contributed by atoms with van der Waals surface area (Å²) in [6, 6.07) is 8.59. The molecule has 0 saturated carbocycles. The molecule has 0 aliphatic heterocycles. The van der Waals surface area contributed by atoms with E-state index in [0.29, 0.717) is 28.0 Å². The average Bonchev–Trinajstić information content (AvgIpc) is 2.92. The summed E-state index contributed by atoms with van der Waals surface area (Å²) < 4.78 is 5.18. The standard InChI is InChI=1S/C14H10ClN3O2/c1-8-4-5-9(7-11(8)19)14-17-13(18-20-14)12-10(15)3-2-6-16-12/h2-7,19H,1H3. The van der Waals surface area contributed by atoms with E-state index in [9.17, 15) is 5.11 Å². The van der Waals surface area contributed by atoms with Gasteiger partial charge in [-0.3, -0.25) is 4.98 Å². The molecular formula is C14H10ClN3O2. The van der Waals surface area contributed by atoms with Crippen LogP contribution in [0.4, 0.5) is 0 Å².